The minimum absolute atomic E-state index is 0.222. The van der Waals surface area contributed by atoms with Gasteiger partial charge in [-0.3, -0.25) is 4.98 Å². The molecule has 1 aromatic heterocycles. The summed E-state index contributed by atoms with van der Waals surface area (Å²) in [4.78, 5) is 17.5. The molecule has 1 saturated heterocycles. The lowest BCUT2D eigenvalue weighted by Gasteiger charge is -2.25. The molecule has 7 heteroatoms. The molecule has 1 N–H and O–H groups in total. The highest BCUT2D eigenvalue weighted by Gasteiger charge is 2.32. The number of carbonyl (C=O) groups is 1. The molecule has 1 atom stereocenters. The van der Waals surface area contributed by atoms with Crippen LogP contribution in [0.2, 0.25) is 0 Å². The van der Waals surface area contributed by atoms with Crippen LogP contribution >= 0.6 is 0 Å². The van der Waals surface area contributed by atoms with E-state index in [4.69, 9.17) is 0 Å². The molecular formula is C16H14F3N3O. The molecule has 2 amide bonds. The third-order valence-electron chi connectivity index (χ3n) is 3.79. The first-order valence-corrected chi connectivity index (χ1v) is 7.18. The van der Waals surface area contributed by atoms with Gasteiger partial charge in [-0.05, 0) is 18.9 Å². The lowest BCUT2D eigenvalue weighted by Crippen LogP contribution is -2.34. The van der Waals surface area contributed by atoms with Crippen LogP contribution in [0.1, 0.15) is 24.4 Å². The second-order valence-corrected chi connectivity index (χ2v) is 5.34. The van der Waals surface area contributed by atoms with Gasteiger partial charge in [0.1, 0.15) is 17.5 Å². The van der Waals surface area contributed by atoms with Gasteiger partial charge in [-0.15, -0.1) is 0 Å². The van der Waals surface area contributed by atoms with Gasteiger partial charge in [0.25, 0.3) is 0 Å². The minimum atomic E-state index is -0.679. The van der Waals surface area contributed by atoms with Gasteiger partial charge in [-0.25, -0.2) is 18.0 Å². The summed E-state index contributed by atoms with van der Waals surface area (Å²) in [6.07, 6.45) is 3.64. The summed E-state index contributed by atoms with van der Waals surface area (Å²) in [6.45, 7) is 0.441. The maximum Gasteiger partial charge on any atom is 0.322 e. The number of hydrogen-bond acceptors (Lipinski definition) is 2. The van der Waals surface area contributed by atoms with E-state index < -0.39 is 29.5 Å². The Bertz CT molecular complexity index is 738. The number of carbonyl (C=O) groups excluding carboxylic acids is 1. The highest BCUT2D eigenvalue weighted by Crippen LogP contribution is 2.34. The zero-order chi connectivity index (χ0) is 16.4. The predicted octanol–water partition coefficient (Wildman–Crippen LogP) is 3.87. The van der Waals surface area contributed by atoms with Crippen LogP contribution in [-0.2, 0) is 0 Å². The van der Waals surface area contributed by atoms with E-state index in [1.165, 1.54) is 23.2 Å². The lowest BCUT2D eigenvalue weighted by molar-refractivity contribution is 0.206. The molecule has 2 heterocycles. The number of nitrogens with zero attached hydrogens (tertiary/aromatic N) is 2. The van der Waals surface area contributed by atoms with Crippen molar-refractivity contribution >= 4 is 11.7 Å². The Morgan fingerprint density at radius 2 is 2.00 bits per heavy atom. The third-order valence-corrected chi connectivity index (χ3v) is 3.79. The van der Waals surface area contributed by atoms with Gasteiger partial charge < -0.3 is 10.2 Å². The average molecular weight is 321 g/mol. The van der Waals surface area contributed by atoms with Crippen LogP contribution in [0.3, 0.4) is 0 Å². The Labute approximate surface area is 130 Å². The molecule has 120 valence electrons. The van der Waals surface area contributed by atoms with Gasteiger partial charge in [-0.1, -0.05) is 6.07 Å². The monoisotopic (exact) mass is 321 g/mol. The van der Waals surface area contributed by atoms with Gasteiger partial charge in [-0.2, -0.15) is 0 Å². The maximum absolute atomic E-state index is 14.0. The molecule has 2 aromatic rings. The zero-order valence-electron chi connectivity index (χ0n) is 12.1. The minimum Gasteiger partial charge on any atom is -0.317 e. The standard InChI is InChI=1S/C16H14F3N3O/c17-10-3-4-13(14(19)7-10)15-2-1-5-22(15)16(23)21-12-6-11(18)8-20-9-12/h3-4,6-9,15H,1-2,5H2,(H,21,23). The summed E-state index contributed by atoms with van der Waals surface area (Å²) in [5, 5.41) is 2.54. The van der Waals surface area contributed by atoms with E-state index >= 15 is 0 Å². The van der Waals surface area contributed by atoms with Crippen molar-refractivity contribution in [1.82, 2.24) is 9.88 Å². The van der Waals surface area contributed by atoms with Gasteiger partial charge in [0, 0.05) is 24.2 Å². The summed E-state index contributed by atoms with van der Waals surface area (Å²) in [5.74, 6) is -1.90. The molecule has 0 bridgehead atoms. The van der Waals surface area contributed by atoms with Gasteiger partial charge in [0.15, 0.2) is 0 Å². The predicted molar refractivity (Wildman–Crippen MR) is 78.3 cm³/mol. The summed E-state index contributed by atoms with van der Waals surface area (Å²) in [5.41, 5.74) is 0.497. The van der Waals surface area contributed by atoms with Crippen LogP contribution in [-0.4, -0.2) is 22.5 Å². The summed E-state index contributed by atoms with van der Waals surface area (Å²) >= 11 is 0. The first-order chi connectivity index (χ1) is 11.0. The van der Waals surface area contributed by atoms with Crippen molar-refractivity contribution in [3.8, 4) is 0 Å². The van der Waals surface area contributed by atoms with Crippen LogP contribution in [0.4, 0.5) is 23.7 Å². The van der Waals surface area contributed by atoms with E-state index in [2.05, 4.69) is 10.3 Å². The van der Waals surface area contributed by atoms with Gasteiger partial charge >= 0.3 is 6.03 Å². The number of pyridine rings is 1. The van der Waals surface area contributed by atoms with E-state index in [1.807, 2.05) is 0 Å². The quantitative estimate of drug-likeness (QED) is 0.912. The molecule has 1 unspecified atom stereocenters. The number of halogens is 3. The molecule has 3 rings (SSSR count). The number of aromatic nitrogens is 1. The molecule has 1 aliphatic heterocycles. The molecule has 1 aromatic carbocycles. The van der Waals surface area contributed by atoms with Gasteiger partial charge in [0.2, 0.25) is 0 Å². The molecule has 0 aliphatic carbocycles. The molecular weight excluding hydrogens is 307 g/mol. The second-order valence-electron chi connectivity index (χ2n) is 5.34. The Hall–Kier alpha value is -2.57. The fourth-order valence-electron chi connectivity index (χ4n) is 2.78. The van der Waals surface area contributed by atoms with E-state index in [-0.39, 0.29) is 11.3 Å². The second kappa shape index (κ2) is 6.28. The molecule has 0 spiro atoms. The zero-order valence-corrected chi connectivity index (χ0v) is 12.1. The summed E-state index contributed by atoms with van der Waals surface area (Å²) < 4.78 is 40.1. The Morgan fingerprint density at radius 3 is 2.74 bits per heavy atom. The molecule has 0 radical (unpaired) electrons. The topological polar surface area (TPSA) is 45.2 Å². The summed E-state index contributed by atoms with van der Waals surface area (Å²) in [7, 11) is 0. The van der Waals surface area contributed by atoms with Crippen LogP contribution in [0, 0.1) is 17.5 Å². The Morgan fingerprint density at radius 1 is 1.17 bits per heavy atom. The molecule has 1 fully saturated rings. The first kappa shape index (κ1) is 15.3. The number of urea groups is 1. The van der Waals surface area contributed by atoms with Crippen molar-refractivity contribution in [2.24, 2.45) is 0 Å². The van der Waals surface area contributed by atoms with Crippen LogP contribution in [0.5, 0.6) is 0 Å². The van der Waals surface area contributed by atoms with Crippen molar-refractivity contribution < 1.29 is 18.0 Å². The maximum atomic E-state index is 14.0. The largest absolute Gasteiger partial charge is 0.322 e. The van der Waals surface area contributed by atoms with Gasteiger partial charge in [0.05, 0.1) is 24.1 Å². The molecule has 1 aliphatic rings. The van der Waals surface area contributed by atoms with Crippen LogP contribution in [0.25, 0.3) is 0 Å². The first-order valence-electron chi connectivity index (χ1n) is 7.18. The van der Waals surface area contributed by atoms with Crippen molar-refractivity contribution in [3.63, 3.8) is 0 Å². The SMILES string of the molecule is O=C(Nc1cncc(F)c1)N1CCCC1c1ccc(F)cc1F. The van der Waals surface area contributed by atoms with Crippen LogP contribution < -0.4 is 5.32 Å². The Kier molecular flexibility index (Phi) is 4.18. The lowest BCUT2D eigenvalue weighted by atomic mass is 10.0. The van der Waals surface area contributed by atoms with E-state index in [0.717, 1.165) is 18.3 Å². The number of amides is 2. The number of benzene rings is 1. The van der Waals surface area contributed by atoms with E-state index in [9.17, 15) is 18.0 Å². The molecule has 4 nitrogen and oxygen atoms in total. The number of rotatable bonds is 2. The van der Waals surface area contributed by atoms with Crippen molar-refractivity contribution in [2.75, 3.05) is 11.9 Å². The number of hydrogen-bond donors (Lipinski definition) is 1. The Balaban J connectivity index is 1.79. The van der Waals surface area contributed by atoms with Crippen molar-refractivity contribution in [1.29, 1.82) is 0 Å². The fourth-order valence-corrected chi connectivity index (χ4v) is 2.78. The smallest absolute Gasteiger partial charge is 0.317 e. The van der Waals surface area contributed by atoms with Crippen molar-refractivity contribution in [3.05, 3.63) is 59.7 Å². The number of anilines is 1. The highest BCUT2D eigenvalue weighted by atomic mass is 19.1. The average Bonchev–Trinajstić information content (AvgIpc) is 2.96. The van der Waals surface area contributed by atoms with E-state index in [1.54, 1.807) is 0 Å². The number of likely N-dealkylation sites (tertiary alicyclic amines) is 1. The highest BCUT2D eigenvalue weighted by molar-refractivity contribution is 5.89. The molecule has 23 heavy (non-hydrogen) atoms. The van der Waals surface area contributed by atoms with Crippen LogP contribution in [0.15, 0.2) is 36.7 Å². The molecule has 0 saturated carbocycles. The third kappa shape index (κ3) is 3.28. The van der Waals surface area contributed by atoms with E-state index in [0.29, 0.717) is 19.4 Å². The number of nitrogens with one attached hydrogen (secondary N) is 1. The van der Waals surface area contributed by atoms with Crippen molar-refractivity contribution in [2.45, 2.75) is 18.9 Å². The summed E-state index contributed by atoms with van der Waals surface area (Å²) in [6, 6.07) is 3.53. The fraction of sp³-hybridized carbons (Fsp3) is 0.250. The normalized spacial score (nSPS) is 17.3.